The molecule has 0 aliphatic heterocycles. The highest BCUT2D eigenvalue weighted by atomic mass is 35.5. The second-order valence-electron chi connectivity index (χ2n) is 4.66. The molecule has 2 rings (SSSR count). The maximum Gasteiger partial charge on any atom is 0.323 e. The minimum absolute atomic E-state index is 0.284. The Morgan fingerprint density at radius 1 is 1.36 bits per heavy atom. The Bertz CT molecular complexity index is 696. The van der Waals surface area contributed by atoms with Gasteiger partial charge in [-0.15, -0.1) is 22.7 Å². The smallest absolute Gasteiger partial charge is 0.323 e. The first-order chi connectivity index (χ1) is 10.4. The monoisotopic (exact) mass is 358 g/mol. The van der Waals surface area contributed by atoms with Crippen LogP contribution in [0.15, 0.2) is 12.1 Å². The van der Waals surface area contributed by atoms with Gasteiger partial charge >= 0.3 is 5.97 Å². The topological polar surface area (TPSA) is 70.5 Å². The van der Waals surface area contributed by atoms with Crippen LogP contribution in [0.2, 0.25) is 4.34 Å². The van der Waals surface area contributed by atoms with Crippen LogP contribution in [0.3, 0.4) is 0 Å². The minimum Gasteiger partial charge on any atom is -0.480 e. The molecule has 0 bridgehead atoms. The first kappa shape index (κ1) is 16.9. The maximum absolute atomic E-state index is 12.6. The predicted molar refractivity (Wildman–Crippen MR) is 89.0 cm³/mol. The number of thiazole rings is 1. The zero-order chi connectivity index (χ0) is 16.3. The van der Waals surface area contributed by atoms with Crippen molar-refractivity contribution >= 4 is 46.2 Å². The summed E-state index contributed by atoms with van der Waals surface area (Å²) in [5.74, 6) is -1.30. The molecule has 1 N–H and O–H groups in total. The van der Waals surface area contributed by atoms with Crippen molar-refractivity contribution in [2.24, 2.45) is 0 Å². The average molecular weight is 359 g/mol. The minimum atomic E-state index is -1.02. The fourth-order valence-corrected chi connectivity index (χ4v) is 4.09. The zero-order valence-corrected chi connectivity index (χ0v) is 14.5. The maximum atomic E-state index is 12.6. The molecule has 2 heterocycles. The second-order valence-corrected chi connectivity index (χ2v) is 7.37. The second kappa shape index (κ2) is 7.21. The third kappa shape index (κ3) is 3.85. The molecular weight excluding hydrogens is 344 g/mol. The molecule has 0 unspecified atom stereocenters. The summed E-state index contributed by atoms with van der Waals surface area (Å²) in [6.07, 6.45) is 0.699. The Morgan fingerprint density at radius 2 is 2.09 bits per heavy atom. The number of carbonyl (C=O) groups excluding carboxylic acids is 1. The quantitative estimate of drug-likeness (QED) is 0.853. The summed E-state index contributed by atoms with van der Waals surface area (Å²) in [5, 5.41) is 9.67. The van der Waals surface area contributed by atoms with E-state index in [4.69, 9.17) is 16.7 Å². The number of nitrogens with zero attached hydrogens (tertiary/aromatic N) is 2. The van der Waals surface area contributed by atoms with Crippen molar-refractivity contribution in [3.05, 3.63) is 27.0 Å². The Morgan fingerprint density at radius 3 is 2.64 bits per heavy atom. The van der Waals surface area contributed by atoms with Crippen LogP contribution in [0.25, 0.3) is 9.88 Å². The van der Waals surface area contributed by atoms with E-state index >= 15 is 0 Å². The van der Waals surface area contributed by atoms with Gasteiger partial charge in [-0.05, 0) is 25.5 Å². The predicted octanol–water partition coefficient (Wildman–Crippen LogP) is 3.77. The molecule has 1 amide bonds. The zero-order valence-electron chi connectivity index (χ0n) is 12.1. The number of hydrogen-bond acceptors (Lipinski definition) is 5. The highest BCUT2D eigenvalue weighted by molar-refractivity contribution is 7.24. The fourth-order valence-electron chi connectivity index (χ4n) is 1.96. The van der Waals surface area contributed by atoms with Gasteiger partial charge in [-0.3, -0.25) is 9.59 Å². The standard InChI is InChI=1S/C14H15ClN2O3S2/c1-3-6-17(7-11(18)19)14(20)12-8(2)16-13(22-12)9-4-5-10(15)21-9/h4-5H,3,6-7H2,1-2H3,(H,18,19). The Kier molecular flexibility index (Phi) is 5.55. The van der Waals surface area contributed by atoms with Crippen molar-refractivity contribution < 1.29 is 14.7 Å². The van der Waals surface area contributed by atoms with Gasteiger partial charge < -0.3 is 10.0 Å². The summed E-state index contributed by atoms with van der Waals surface area (Å²) in [6.45, 7) is 3.76. The van der Waals surface area contributed by atoms with Gasteiger partial charge in [0.25, 0.3) is 5.91 Å². The van der Waals surface area contributed by atoms with Gasteiger partial charge in [0, 0.05) is 6.54 Å². The van der Waals surface area contributed by atoms with Crippen LogP contribution in [0.1, 0.15) is 28.7 Å². The number of carboxylic acids is 1. The summed E-state index contributed by atoms with van der Waals surface area (Å²) in [6, 6.07) is 3.65. The number of amides is 1. The van der Waals surface area contributed by atoms with E-state index < -0.39 is 5.97 Å². The summed E-state index contributed by atoms with van der Waals surface area (Å²) >= 11 is 8.59. The molecule has 8 heteroatoms. The van der Waals surface area contributed by atoms with Gasteiger partial charge in [-0.25, -0.2) is 4.98 Å². The van der Waals surface area contributed by atoms with Crippen LogP contribution in [0.5, 0.6) is 0 Å². The largest absolute Gasteiger partial charge is 0.480 e. The van der Waals surface area contributed by atoms with E-state index in [2.05, 4.69) is 4.98 Å². The lowest BCUT2D eigenvalue weighted by molar-refractivity contribution is -0.137. The molecule has 0 radical (unpaired) electrons. The van der Waals surface area contributed by atoms with Crippen molar-refractivity contribution in [3.63, 3.8) is 0 Å². The Balaban J connectivity index is 2.29. The van der Waals surface area contributed by atoms with Crippen molar-refractivity contribution in [1.29, 1.82) is 0 Å². The average Bonchev–Trinajstić information content (AvgIpc) is 3.03. The third-order valence-electron chi connectivity index (χ3n) is 2.88. The number of hydrogen-bond donors (Lipinski definition) is 1. The van der Waals surface area contributed by atoms with Crippen molar-refractivity contribution in [2.45, 2.75) is 20.3 Å². The molecular formula is C14H15ClN2O3S2. The molecule has 22 heavy (non-hydrogen) atoms. The van der Waals surface area contributed by atoms with E-state index in [9.17, 15) is 9.59 Å². The van der Waals surface area contributed by atoms with E-state index in [1.54, 1.807) is 13.0 Å². The fraction of sp³-hybridized carbons (Fsp3) is 0.357. The van der Waals surface area contributed by atoms with E-state index in [0.29, 0.717) is 27.9 Å². The van der Waals surface area contributed by atoms with Crippen molar-refractivity contribution in [1.82, 2.24) is 9.88 Å². The normalized spacial score (nSPS) is 10.7. The SMILES string of the molecule is CCCN(CC(=O)O)C(=O)c1sc(-c2ccc(Cl)s2)nc1C. The van der Waals surface area contributed by atoms with E-state index in [0.717, 1.165) is 9.88 Å². The van der Waals surface area contributed by atoms with Gasteiger partial charge in [0.05, 0.1) is 14.9 Å². The number of halogens is 1. The molecule has 0 fully saturated rings. The van der Waals surface area contributed by atoms with E-state index in [1.165, 1.54) is 27.6 Å². The third-order valence-corrected chi connectivity index (χ3v) is 5.43. The van der Waals surface area contributed by atoms with Crippen LogP contribution in [-0.4, -0.2) is 40.0 Å². The van der Waals surface area contributed by atoms with Gasteiger partial charge in [0.15, 0.2) is 0 Å². The molecule has 0 saturated carbocycles. The number of carboxylic acid groups (broad SMARTS) is 1. The number of carbonyl (C=O) groups is 2. The summed E-state index contributed by atoms with van der Waals surface area (Å²) in [4.78, 5) is 30.6. The number of thiophene rings is 1. The Labute approximate surface area is 141 Å². The number of rotatable bonds is 6. The number of aliphatic carboxylic acids is 1. The van der Waals surface area contributed by atoms with Gasteiger partial charge in [0.2, 0.25) is 0 Å². The molecule has 0 aromatic carbocycles. The molecule has 0 saturated heterocycles. The molecule has 0 spiro atoms. The van der Waals surface area contributed by atoms with Gasteiger partial charge in [0.1, 0.15) is 16.4 Å². The molecule has 118 valence electrons. The molecule has 5 nitrogen and oxygen atoms in total. The molecule has 2 aromatic heterocycles. The summed E-state index contributed by atoms with van der Waals surface area (Å²) in [7, 11) is 0. The number of aryl methyl sites for hydroxylation is 1. The molecule has 0 atom stereocenters. The first-order valence-electron chi connectivity index (χ1n) is 6.66. The van der Waals surface area contributed by atoms with Gasteiger partial charge in [-0.2, -0.15) is 0 Å². The van der Waals surface area contributed by atoms with Crippen LogP contribution in [-0.2, 0) is 4.79 Å². The highest BCUT2D eigenvalue weighted by Gasteiger charge is 2.23. The number of aromatic nitrogens is 1. The van der Waals surface area contributed by atoms with E-state index in [1.807, 2.05) is 13.0 Å². The summed E-state index contributed by atoms with van der Waals surface area (Å²) in [5.41, 5.74) is 0.612. The lowest BCUT2D eigenvalue weighted by atomic mass is 10.3. The van der Waals surface area contributed by atoms with Crippen LogP contribution in [0.4, 0.5) is 0 Å². The van der Waals surface area contributed by atoms with Crippen molar-refractivity contribution in [3.8, 4) is 9.88 Å². The lowest BCUT2D eigenvalue weighted by Gasteiger charge is -2.19. The summed E-state index contributed by atoms with van der Waals surface area (Å²) < 4.78 is 0.661. The molecule has 0 aliphatic carbocycles. The van der Waals surface area contributed by atoms with Crippen LogP contribution < -0.4 is 0 Å². The van der Waals surface area contributed by atoms with Crippen molar-refractivity contribution in [2.75, 3.05) is 13.1 Å². The van der Waals surface area contributed by atoms with Crippen LogP contribution >= 0.6 is 34.3 Å². The van der Waals surface area contributed by atoms with E-state index in [-0.39, 0.29) is 12.5 Å². The lowest BCUT2D eigenvalue weighted by Crippen LogP contribution is -2.36. The van der Waals surface area contributed by atoms with Gasteiger partial charge in [-0.1, -0.05) is 18.5 Å². The highest BCUT2D eigenvalue weighted by Crippen LogP contribution is 2.35. The molecule has 2 aromatic rings. The molecule has 0 aliphatic rings. The first-order valence-corrected chi connectivity index (χ1v) is 8.67. The Hall–Kier alpha value is -1.44. The van der Waals surface area contributed by atoms with Crippen LogP contribution in [0, 0.1) is 6.92 Å².